The molecule has 8 nitrogen and oxygen atoms in total. The molecule has 11 unspecified atom stereocenters. The average Bonchev–Trinajstić information content (AvgIpc) is 3.59. The van der Waals surface area contributed by atoms with Gasteiger partial charge in [-0.2, -0.15) is 0 Å². The number of phenolic OH excluding ortho intramolecular Hbond substituents is 1. The second-order valence-electron chi connectivity index (χ2n) is 17.4. The predicted molar refractivity (Wildman–Crippen MR) is 200 cm³/mol. The van der Waals surface area contributed by atoms with Crippen LogP contribution in [-0.2, 0) is 9.47 Å². The maximum atomic E-state index is 12.6. The topological polar surface area (TPSA) is 108 Å². The van der Waals surface area contributed by atoms with Gasteiger partial charge in [0.05, 0.1) is 44.0 Å². The quantitative estimate of drug-likeness (QED) is 0.260. The van der Waals surface area contributed by atoms with Gasteiger partial charge in [-0.1, -0.05) is 51.5 Å². The van der Waals surface area contributed by atoms with E-state index in [1.807, 2.05) is 0 Å². The molecule has 11 atom stereocenters. The molecule has 0 amide bonds. The molecule has 1 aromatic heterocycles. The van der Waals surface area contributed by atoms with Crippen molar-refractivity contribution in [3.63, 3.8) is 0 Å². The Morgan fingerprint density at radius 3 is 2.42 bits per heavy atom. The number of aliphatic hydroxyl groups excluding tert-OH is 1. The van der Waals surface area contributed by atoms with Crippen LogP contribution in [0.25, 0.3) is 22.1 Å². The molecular formula is C44H56O8. The molecule has 2 aliphatic heterocycles. The number of ether oxygens (including phenoxy) is 4. The first-order valence-corrected chi connectivity index (χ1v) is 19.6. The van der Waals surface area contributed by atoms with Gasteiger partial charge in [0.1, 0.15) is 12.0 Å². The number of hydrogen-bond donors (Lipinski definition) is 2. The molecule has 2 N–H and O–H groups in total. The fourth-order valence-corrected chi connectivity index (χ4v) is 11.9. The number of aromatic hydroxyl groups is 1. The fourth-order valence-electron chi connectivity index (χ4n) is 11.9. The van der Waals surface area contributed by atoms with Crippen molar-refractivity contribution in [3.8, 4) is 28.4 Å². The van der Waals surface area contributed by atoms with E-state index in [1.165, 1.54) is 64.0 Å². The van der Waals surface area contributed by atoms with Gasteiger partial charge in [-0.15, -0.1) is 0 Å². The fraction of sp³-hybridized carbons (Fsp3) is 0.614. The molecule has 9 rings (SSSR count). The van der Waals surface area contributed by atoms with Crippen LogP contribution in [0.4, 0.5) is 0 Å². The molecule has 3 heterocycles. The highest BCUT2D eigenvalue weighted by atomic mass is 16.7. The zero-order valence-corrected chi connectivity index (χ0v) is 31.7. The second kappa shape index (κ2) is 13.2. The number of aliphatic hydroxyl groups is 1. The lowest BCUT2D eigenvalue weighted by molar-refractivity contribution is -0.272. The summed E-state index contributed by atoms with van der Waals surface area (Å²) in [7, 11) is 2.99. The van der Waals surface area contributed by atoms with Crippen LogP contribution in [0.3, 0.4) is 0 Å². The van der Waals surface area contributed by atoms with Crippen molar-refractivity contribution in [2.75, 3.05) is 20.8 Å². The maximum absolute atomic E-state index is 12.6. The molecule has 8 heteroatoms. The minimum atomic E-state index is -0.303. The van der Waals surface area contributed by atoms with Gasteiger partial charge in [0.2, 0.25) is 11.2 Å². The number of rotatable bonds is 3. The van der Waals surface area contributed by atoms with E-state index in [-0.39, 0.29) is 34.4 Å². The van der Waals surface area contributed by atoms with Gasteiger partial charge >= 0.3 is 0 Å². The monoisotopic (exact) mass is 712 g/mol. The van der Waals surface area contributed by atoms with Crippen LogP contribution in [0.5, 0.6) is 17.2 Å². The highest BCUT2D eigenvalue weighted by molar-refractivity contribution is 5.88. The predicted octanol–water partition coefficient (Wildman–Crippen LogP) is 8.90. The van der Waals surface area contributed by atoms with Crippen LogP contribution in [0, 0.1) is 46.3 Å². The van der Waals surface area contributed by atoms with E-state index in [9.17, 15) is 15.0 Å². The van der Waals surface area contributed by atoms with Gasteiger partial charge in [-0.25, -0.2) is 0 Å². The van der Waals surface area contributed by atoms with Crippen molar-refractivity contribution in [2.24, 2.45) is 46.3 Å². The van der Waals surface area contributed by atoms with Gasteiger partial charge in [-0.05, 0) is 122 Å². The van der Waals surface area contributed by atoms with E-state index in [2.05, 4.69) is 33.8 Å². The molecule has 2 saturated heterocycles. The molecular weight excluding hydrogens is 656 g/mol. The molecule has 52 heavy (non-hydrogen) atoms. The molecule has 0 bridgehead atoms. The molecule has 6 aliphatic rings. The van der Waals surface area contributed by atoms with E-state index >= 15 is 0 Å². The van der Waals surface area contributed by atoms with Crippen LogP contribution in [-0.4, -0.2) is 49.0 Å². The average molecular weight is 713 g/mol. The Bertz CT molecular complexity index is 1890. The Morgan fingerprint density at radius 1 is 0.923 bits per heavy atom. The smallest absolute Gasteiger partial charge is 0.204 e. The number of hydrogen-bond acceptors (Lipinski definition) is 8. The van der Waals surface area contributed by atoms with Gasteiger partial charge in [0.15, 0.2) is 17.1 Å². The lowest BCUT2D eigenvalue weighted by Gasteiger charge is -2.57. The van der Waals surface area contributed by atoms with Crippen molar-refractivity contribution in [3.05, 3.63) is 64.5 Å². The van der Waals surface area contributed by atoms with Crippen LogP contribution in [0.2, 0.25) is 0 Å². The zero-order valence-electron chi connectivity index (χ0n) is 31.7. The summed E-state index contributed by atoms with van der Waals surface area (Å²) < 4.78 is 29.0. The summed E-state index contributed by atoms with van der Waals surface area (Å²) in [5.41, 5.74) is 3.65. The molecule has 280 valence electrons. The summed E-state index contributed by atoms with van der Waals surface area (Å²) in [4.78, 5) is 12.6. The van der Waals surface area contributed by atoms with E-state index in [0.717, 1.165) is 43.3 Å². The molecule has 2 aromatic carbocycles. The number of fused-ring (bicyclic) bond motifs is 8. The first-order valence-electron chi connectivity index (χ1n) is 19.6. The van der Waals surface area contributed by atoms with Gasteiger partial charge in [0.25, 0.3) is 0 Å². The standard InChI is InChI=1S/C27H42O3.C17H14O5/c1-16-7-12-27(29-15-16)17(2)24-23(30-27)14-22-20-6-5-18-13-19(28)8-10-25(18,3)21(20)9-11-26(22,24)4;1-20-11-5-3-10(4-6-11)13-9-22-16-12(15(13)19)7-8-14(18)17(16)21-2/h9,16-20,22-24,28H,5-8,10-15H2,1-4H3;3-9,18H,1-2H3. The Kier molecular flexibility index (Phi) is 9.06. The van der Waals surface area contributed by atoms with Gasteiger partial charge in [-0.3, -0.25) is 4.79 Å². The highest BCUT2D eigenvalue weighted by Gasteiger charge is 2.67. The van der Waals surface area contributed by atoms with Gasteiger partial charge < -0.3 is 33.6 Å². The molecule has 4 aliphatic carbocycles. The summed E-state index contributed by atoms with van der Waals surface area (Å²) in [5, 5.41) is 20.4. The Morgan fingerprint density at radius 2 is 1.71 bits per heavy atom. The third-order valence-electron chi connectivity index (χ3n) is 14.7. The van der Waals surface area contributed by atoms with Crippen LogP contribution < -0.4 is 14.9 Å². The lowest BCUT2D eigenvalue weighted by atomic mass is 9.48. The minimum absolute atomic E-state index is 0.0661. The highest BCUT2D eigenvalue weighted by Crippen LogP contribution is 2.70. The Balaban J connectivity index is 0.000000157. The largest absolute Gasteiger partial charge is 0.504 e. The summed E-state index contributed by atoms with van der Waals surface area (Å²) in [6, 6.07) is 10.1. The second-order valence-corrected chi connectivity index (χ2v) is 17.4. The first-order chi connectivity index (χ1) is 24.9. The first kappa shape index (κ1) is 35.7. The summed E-state index contributed by atoms with van der Waals surface area (Å²) in [6.07, 6.45) is 15.0. The van der Waals surface area contributed by atoms with E-state index in [0.29, 0.717) is 57.3 Å². The third kappa shape index (κ3) is 5.53. The number of methoxy groups -OCH3 is 2. The van der Waals surface area contributed by atoms with E-state index in [1.54, 1.807) is 36.9 Å². The summed E-state index contributed by atoms with van der Waals surface area (Å²) >= 11 is 0. The van der Waals surface area contributed by atoms with Crippen molar-refractivity contribution in [1.82, 2.24) is 0 Å². The van der Waals surface area contributed by atoms with E-state index in [4.69, 9.17) is 23.4 Å². The summed E-state index contributed by atoms with van der Waals surface area (Å²) in [5.74, 6) is 4.47. The molecule has 5 fully saturated rings. The third-order valence-corrected chi connectivity index (χ3v) is 14.7. The Hall–Kier alpha value is -3.33. The SMILES string of the molecule is CC1CCC2(OC1)OC1CC3C4CCC5CC(O)CCC5(C)C4=CCC3(C)C1C2C.COc1ccc(-c2coc3c(OC)c(O)ccc3c2=O)cc1. The molecule has 3 saturated carbocycles. The molecule has 3 aromatic rings. The normalized spacial score (nSPS) is 39.0. The maximum Gasteiger partial charge on any atom is 0.204 e. The number of phenols is 1. The van der Waals surface area contributed by atoms with Crippen LogP contribution in [0.15, 0.2) is 63.5 Å². The minimum Gasteiger partial charge on any atom is -0.504 e. The number of benzene rings is 2. The molecule has 1 spiro atoms. The van der Waals surface area contributed by atoms with Crippen molar-refractivity contribution in [1.29, 1.82) is 0 Å². The lowest BCUT2D eigenvalue weighted by Crippen LogP contribution is -2.50. The van der Waals surface area contributed by atoms with Crippen LogP contribution in [0.1, 0.15) is 85.5 Å². The van der Waals surface area contributed by atoms with Crippen molar-refractivity contribution >= 4 is 11.0 Å². The van der Waals surface area contributed by atoms with Crippen LogP contribution >= 0.6 is 0 Å². The molecule has 0 radical (unpaired) electrons. The zero-order chi connectivity index (χ0) is 36.6. The Labute approximate surface area is 307 Å². The summed E-state index contributed by atoms with van der Waals surface area (Å²) in [6.45, 7) is 10.7. The van der Waals surface area contributed by atoms with Crippen molar-refractivity contribution in [2.45, 2.75) is 103 Å². The van der Waals surface area contributed by atoms with Gasteiger partial charge in [0, 0.05) is 12.3 Å². The number of allylic oxidation sites excluding steroid dienone is 2. The van der Waals surface area contributed by atoms with Crippen molar-refractivity contribution < 1.29 is 33.6 Å². The van der Waals surface area contributed by atoms with E-state index < -0.39 is 0 Å².